The van der Waals surface area contributed by atoms with E-state index in [1.807, 2.05) is 13.8 Å². The summed E-state index contributed by atoms with van der Waals surface area (Å²) in [7, 11) is 1.44. The molecule has 1 aliphatic carbocycles. The van der Waals surface area contributed by atoms with Crippen LogP contribution < -0.4 is 21.3 Å². The number of anilines is 1. The van der Waals surface area contributed by atoms with Crippen LogP contribution in [0.5, 0.6) is 11.5 Å². The molecule has 4 rings (SSSR count). The lowest BCUT2D eigenvalue weighted by Gasteiger charge is -2.39. The Morgan fingerprint density at radius 2 is 1.89 bits per heavy atom. The molecule has 1 aliphatic heterocycles. The van der Waals surface area contributed by atoms with E-state index in [4.69, 9.17) is 4.74 Å². The zero-order valence-corrected chi connectivity index (χ0v) is 15.8. The molecule has 0 amide bonds. The minimum absolute atomic E-state index is 0.0231. The number of phenolic OH excluding ortho intramolecular Hbond substituents is 1. The summed E-state index contributed by atoms with van der Waals surface area (Å²) < 4.78 is 5.22. The number of aromatic hydroxyl groups is 1. The quantitative estimate of drug-likeness (QED) is 0.629. The van der Waals surface area contributed by atoms with E-state index in [1.165, 1.54) is 13.2 Å². The number of ketones is 1. The summed E-state index contributed by atoms with van der Waals surface area (Å²) in [5.41, 5.74) is 0.800. The number of allylic oxidation sites excluding steroid dienone is 2. The van der Waals surface area contributed by atoms with Crippen LogP contribution in [-0.4, -0.2) is 28.0 Å². The van der Waals surface area contributed by atoms with Crippen molar-refractivity contribution in [3.8, 4) is 11.5 Å². The van der Waals surface area contributed by atoms with Crippen LogP contribution in [0.2, 0.25) is 0 Å². The summed E-state index contributed by atoms with van der Waals surface area (Å²) in [4.78, 5) is 42.2. The largest absolute Gasteiger partial charge is 0.504 e. The van der Waals surface area contributed by atoms with Crippen LogP contribution in [0.3, 0.4) is 0 Å². The molecule has 0 fully saturated rings. The first-order chi connectivity index (χ1) is 13.2. The van der Waals surface area contributed by atoms with Gasteiger partial charge in [-0.05, 0) is 35.1 Å². The third kappa shape index (κ3) is 2.81. The van der Waals surface area contributed by atoms with Crippen molar-refractivity contribution in [1.82, 2.24) is 9.97 Å². The monoisotopic (exact) mass is 383 g/mol. The standard InChI is InChI=1S/C20H21N3O5/c1-20(2)7-10-14(9-4-5-11(24)13(6-9)28-3)15-17(21-16(10)12(25)8-20)22-19(27)23-18(15)26/h4-6,14,24H,7-8H2,1-3H3,(H3,21,22,23,26,27)/t14-/m0/s1. The van der Waals surface area contributed by atoms with Gasteiger partial charge in [0.05, 0.1) is 18.4 Å². The van der Waals surface area contributed by atoms with Gasteiger partial charge in [-0.3, -0.25) is 19.6 Å². The van der Waals surface area contributed by atoms with Crippen LogP contribution in [0.1, 0.15) is 43.7 Å². The number of nitrogens with one attached hydrogen (secondary N) is 3. The second-order valence-corrected chi connectivity index (χ2v) is 8.03. The molecule has 8 nitrogen and oxygen atoms in total. The fourth-order valence-electron chi connectivity index (χ4n) is 4.18. The molecule has 0 radical (unpaired) electrons. The number of ether oxygens (including phenoxy) is 1. The van der Waals surface area contributed by atoms with Crippen molar-refractivity contribution in [1.29, 1.82) is 0 Å². The lowest BCUT2D eigenvalue weighted by Crippen LogP contribution is -2.38. The third-order valence-electron chi connectivity index (χ3n) is 5.31. The number of H-pyrrole nitrogens is 2. The number of aromatic amines is 2. The van der Waals surface area contributed by atoms with Crippen LogP contribution in [0.25, 0.3) is 0 Å². The fourth-order valence-corrected chi connectivity index (χ4v) is 4.18. The Bertz CT molecular complexity index is 1140. The van der Waals surface area contributed by atoms with Gasteiger partial charge in [-0.1, -0.05) is 19.9 Å². The average molecular weight is 383 g/mol. The number of benzene rings is 1. The zero-order valence-electron chi connectivity index (χ0n) is 15.8. The summed E-state index contributed by atoms with van der Waals surface area (Å²) in [6.07, 6.45) is 0.972. The molecule has 0 saturated heterocycles. The fraction of sp³-hybridized carbons (Fsp3) is 0.350. The van der Waals surface area contributed by atoms with Crippen LogP contribution in [0, 0.1) is 5.41 Å². The molecule has 0 spiro atoms. The molecular formula is C20H21N3O5. The number of methoxy groups -OCH3 is 1. The summed E-state index contributed by atoms with van der Waals surface area (Å²) >= 11 is 0. The SMILES string of the molecule is COc1cc([C@H]2C3=C(Nc4[nH]c(=O)[nH]c(=O)c42)C(=O)CC(C)(C)C3)ccc1O. The molecule has 1 aromatic carbocycles. The Hall–Kier alpha value is -3.29. The first-order valence-electron chi connectivity index (χ1n) is 8.97. The number of phenols is 1. The van der Waals surface area contributed by atoms with E-state index < -0.39 is 17.2 Å². The Kier molecular flexibility index (Phi) is 3.95. The van der Waals surface area contributed by atoms with E-state index in [-0.39, 0.29) is 28.5 Å². The molecule has 4 N–H and O–H groups in total. The van der Waals surface area contributed by atoms with E-state index in [1.54, 1.807) is 12.1 Å². The highest BCUT2D eigenvalue weighted by Gasteiger charge is 2.41. The second kappa shape index (κ2) is 6.12. The van der Waals surface area contributed by atoms with E-state index in [0.29, 0.717) is 29.7 Å². The van der Waals surface area contributed by atoms with Gasteiger partial charge < -0.3 is 15.2 Å². The summed E-state index contributed by atoms with van der Waals surface area (Å²) in [5, 5.41) is 12.9. The molecule has 0 bridgehead atoms. The molecule has 146 valence electrons. The highest BCUT2D eigenvalue weighted by atomic mass is 16.5. The Labute approximate surface area is 160 Å². The van der Waals surface area contributed by atoms with E-state index >= 15 is 0 Å². The molecular weight excluding hydrogens is 362 g/mol. The zero-order chi connectivity index (χ0) is 20.2. The first-order valence-corrected chi connectivity index (χ1v) is 8.97. The molecule has 1 aromatic heterocycles. The van der Waals surface area contributed by atoms with Crippen molar-refractivity contribution in [2.24, 2.45) is 5.41 Å². The van der Waals surface area contributed by atoms with Gasteiger partial charge in [0.1, 0.15) is 5.82 Å². The molecule has 28 heavy (non-hydrogen) atoms. The van der Waals surface area contributed by atoms with Crippen LogP contribution in [0.15, 0.2) is 39.1 Å². The Balaban J connectivity index is 2.01. The van der Waals surface area contributed by atoms with Gasteiger partial charge in [-0.15, -0.1) is 0 Å². The van der Waals surface area contributed by atoms with Crippen molar-refractivity contribution < 1.29 is 14.6 Å². The van der Waals surface area contributed by atoms with E-state index in [0.717, 1.165) is 5.57 Å². The van der Waals surface area contributed by atoms with Gasteiger partial charge in [-0.2, -0.15) is 0 Å². The number of fused-ring (bicyclic) bond motifs is 1. The number of aromatic nitrogens is 2. The molecule has 8 heteroatoms. The van der Waals surface area contributed by atoms with Crippen LogP contribution in [-0.2, 0) is 4.79 Å². The van der Waals surface area contributed by atoms with Gasteiger partial charge >= 0.3 is 5.69 Å². The van der Waals surface area contributed by atoms with E-state index in [9.17, 15) is 19.5 Å². The lowest BCUT2D eigenvalue weighted by atomic mass is 9.68. The second-order valence-electron chi connectivity index (χ2n) is 8.03. The average Bonchev–Trinajstić information content (AvgIpc) is 2.60. The predicted molar refractivity (Wildman–Crippen MR) is 103 cm³/mol. The third-order valence-corrected chi connectivity index (χ3v) is 5.31. The number of rotatable bonds is 2. The Morgan fingerprint density at radius 1 is 1.14 bits per heavy atom. The predicted octanol–water partition coefficient (Wildman–Crippen LogP) is 1.98. The van der Waals surface area contributed by atoms with Crippen molar-refractivity contribution in [2.45, 2.75) is 32.6 Å². The summed E-state index contributed by atoms with van der Waals surface area (Å²) in [6, 6.07) is 4.83. The molecule has 0 unspecified atom stereocenters. The van der Waals surface area contributed by atoms with Gasteiger partial charge in [0, 0.05) is 12.3 Å². The van der Waals surface area contributed by atoms with E-state index in [2.05, 4.69) is 15.3 Å². The topological polar surface area (TPSA) is 124 Å². The number of carbonyl (C=O) groups excluding carboxylic acids is 1. The summed E-state index contributed by atoms with van der Waals surface area (Å²) in [6.45, 7) is 4.02. The minimum atomic E-state index is -0.647. The van der Waals surface area contributed by atoms with Crippen molar-refractivity contribution in [3.63, 3.8) is 0 Å². The van der Waals surface area contributed by atoms with Gasteiger partial charge in [0.2, 0.25) is 0 Å². The molecule has 2 heterocycles. The lowest BCUT2D eigenvalue weighted by molar-refractivity contribution is -0.118. The maximum Gasteiger partial charge on any atom is 0.327 e. The molecule has 1 atom stereocenters. The maximum atomic E-state index is 12.8. The van der Waals surface area contributed by atoms with Gasteiger partial charge in [0.15, 0.2) is 17.3 Å². The van der Waals surface area contributed by atoms with Crippen molar-refractivity contribution in [3.05, 3.63) is 61.4 Å². The number of hydrogen-bond acceptors (Lipinski definition) is 6. The maximum absolute atomic E-state index is 12.8. The highest BCUT2D eigenvalue weighted by molar-refractivity contribution is 6.01. The van der Waals surface area contributed by atoms with Gasteiger partial charge in [0.25, 0.3) is 5.56 Å². The van der Waals surface area contributed by atoms with Crippen molar-refractivity contribution in [2.75, 3.05) is 12.4 Å². The Morgan fingerprint density at radius 3 is 2.61 bits per heavy atom. The number of hydrogen-bond donors (Lipinski definition) is 4. The smallest absolute Gasteiger partial charge is 0.327 e. The molecule has 2 aliphatic rings. The number of Topliss-reactive ketones (excluding diaryl/α,β-unsaturated/α-hetero) is 1. The number of carbonyl (C=O) groups is 1. The first kappa shape index (κ1) is 18.1. The molecule has 2 aromatic rings. The normalized spacial score (nSPS) is 20.2. The minimum Gasteiger partial charge on any atom is -0.504 e. The van der Waals surface area contributed by atoms with Crippen LogP contribution >= 0.6 is 0 Å². The van der Waals surface area contributed by atoms with Crippen LogP contribution in [0.4, 0.5) is 5.82 Å². The van der Waals surface area contributed by atoms with Crippen molar-refractivity contribution >= 4 is 11.6 Å². The molecule has 0 saturated carbocycles. The summed E-state index contributed by atoms with van der Waals surface area (Å²) in [5.74, 6) is -0.150. The van der Waals surface area contributed by atoms with Gasteiger partial charge in [-0.25, -0.2) is 4.79 Å². The highest BCUT2D eigenvalue weighted by Crippen LogP contribution is 2.49.